The molecule has 0 aromatic heterocycles. The zero-order valence-corrected chi connectivity index (χ0v) is 19.5. The zero-order valence-electron chi connectivity index (χ0n) is 19.5. The van der Waals surface area contributed by atoms with Crippen molar-refractivity contribution in [2.75, 3.05) is 19.8 Å². The summed E-state index contributed by atoms with van der Waals surface area (Å²) in [5.41, 5.74) is 1.97. The molecule has 27 heavy (non-hydrogen) atoms. The minimum Gasteiger partial charge on any atom is -0.380 e. The van der Waals surface area contributed by atoms with E-state index >= 15 is 0 Å². The Kier molecular flexibility index (Phi) is 5.61. The number of hydrogen-bond acceptors (Lipinski definition) is 2. The second-order valence-electron chi connectivity index (χ2n) is 12.9. The SMILES string of the molecule is CC(C)(C)C1COC(CC(C)(C)C2(CCC(C)(C)C3(C)CCC3)COC2)C1. The topological polar surface area (TPSA) is 18.5 Å². The van der Waals surface area contributed by atoms with Crippen LogP contribution in [0.1, 0.15) is 100 Å². The molecule has 2 heteroatoms. The first-order chi connectivity index (χ1) is 12.3. The van der Waals surface area contributed by atoms with Gasteiger partial charge in [-0.05, 0) is 66.1 Å². The van der Waals surface area contributed by atoms with Crippen LogP contribution in [-0.2, 0) is 9.47 Å². The smallest absolute Gasteiger partial charge is 0.0584 e. The second kappa shape index (κ2) is 7.01. The Balaban J connectivity index is 1.61. The average Bonchev–Trinajstić information content (AvgIpc) is 2.90. The number of hydrogen-bond donors (Lipinski definition) is 0. The highest BCUT2D eigenvalue weighted by Crippen LogP contribution is 2.59. The van der Waals surface area contributed by atoms with E-state index in [1.54, 1.807) is 0 Å². The molecular weight excluding hydrogens is 332 g/mol. The molecule has 2 saturated heterocycles. The Bertz CT molecular complexity index is 517. The van der Waals surface area contributed by atoms with Gasteiger partial charge < -0.3 is 9.47 Å². The predicted molar refractivity (Wildman–Crippen MR) is 114 cm³/mol. The summed E-state index contributed by atoms with van der Waals surface area (Å²) >= 11 is 0. The van der Waals surface area contributed by atoms with Gasteiger partial charge in [0.2, 0.25) is 0 Å². The van der Waals surface area contributed by atoms with Crippen LogP contribution in [0.15, 0.2) is 0 Å². The van der Waals surface area contributed by atoms with E-state index in [2.05, 4.69) is 55.4 Å². The van der Waals surface area contributed by atoms with Crippen LogP contribution >= 0.6 is 0 Å². The molecule has 3 rings (SSSR count). The molecule has 158 valence electrons. The molecule has 0 radical (unpaired) electrons. The van der Waals surface area contributed by atoms with E-state index in [-0.39, 0.29) is 5.41 Å². The molecule has 2 unspecified atom stereocenters. The zero-order chi connectivity index (χ0) is 20.1. The molecule has 0 amide bonds. The van der Waals surface area contributed by atoms with E-state index in [4.69, 9.17) is 9.47 Å². The molecule has 0 aromatic carbocycles. The Morgan fingerprint density at radius 1 is 0.926 bits per heavy atom. The summed E-state index contributed by atoms with van der Waals surface area (Å²) < 4.78 is 12.1. The lowest BCUT2D eigenvalue weighted by atomic mass is 9.51. The third-order valence-electron chi connectivity index (χ3n) is 9.56. The highest BCUT2D eigenvalue weighted by molar-refractivity contribution is 5.02. The molecule has 0 spiro atoms. The first-order valence-electron chi connectivity index (χ1n) is 11.5. The highest BCUT2D eigenvalue weighted by Gasteiger charge is 2.54. The lowest BCUT2D eigenvalue weighted by Gasteiger charge is -2.57. The van der Waals surface area contributed by atoms with Crippen LogP contribution in [0, 0.1) is 33.0 Å². The van der Waals surface area contributed by atoms with Gasteiger partial charge in [-0.15, -0.1) is 0 Å². The Labute approximate surface area is 169 Å². The summed E-state index contributed by atoms with van der Waals surface area (Å²) in [4.78, 5) is 0. The fraction of sp³-hybridized carbons (Fsp3) is 1.00. The Morgan fingerprint density at radius 3 is 1.96 bits per heavy atom. The number of ether oxygens (including phenoxy) is 2. The molecule has 0 N–H and O–H groups in total. The van der Waals surface area contributed by atoms with Crippen LogP contribution in [0.5, 0.6) is 0 Å². The molecule has 3 fully saturated rings. The van der Waals surface area contributed by atoms with E-state index in [1.165, 1.54) is 44.9 Å². The fourth-order valence-electron chi connectivity index (χ4n) is 5.70. The van der Waals surface area contributed by atoms with Crippen LogP contribution in [0.2, 0.25) is 0 Å². The van der Waals surface area contributed by atoms with Gasteiger partial charge in [0.25, 0.3) is 0 Å². The molecule has 2 heterocycles. The predicted octanol–water partition coefficient (Wildman–Crippen LogP) is 6.87. The molecule has 1 saturated carbocycles. The van der Waals surface area contributed by atoms with Gasteiger partial charge in [0.15, 0.2) is 0 Å². The number of rotatable bonds is 7. The summed E-state index contributed by atoms with van der Waals surface area (Å²) in [5, 5.41) is 0. The quantitative estimate of drug-likeness (QED) is 0.481. The molecule has 1 aliphatic carbocycles. The highest BCUT2D eigenvalue weighted by atomic mass is 16.5. The van der Waals surface area contributed by atoms with Crippen molar-refractivity contribution in [3.05, 3.63) is 0 Å². The first kappa shape index (κ1) is 21.6. The van der Waals surface area contributed by atoms with Crippen LogP contribution in [0.4, 0.5) is 0 Å². The maximum absolute atomic E-state index is 6.28. The average molecular weight is 379 g/mol. The lowest BCUT2D eigenvalue weighted by Crippen LogP contribution is -2.55. The van der Waals surface area contributed by atoms with Crippen molar-refractivity contribution in [1.82, 2.24) is 0 Å². The summed E-state index contributed by atoms with van der Waals surface area (Å²) in [6.07, 6.45) is 9.72. The van der Waals surface area contributed by atoms with Crippen LogP contribution in [0.25, 0.3) is 0 Å². The first-order valence-corrected chi connectivity index (χ1v) is 11.5. The van der Waals surface area contributed by atoms with Gasteiger partial charge in [0.1, 0.15) is 0 Å². The third-order valence-corrected chi connectivity index (χ3v) is 9.56. The van der Waals surface area contributed by atoms with E-state index in [1.807, 2.05) is 0 Å². The summed E-state index contributed by atoms with van der Waals surface area (Å²) in [7, 11) is 0. The van der Waals surface area contributed by atoms with Crippen molar-refractivity contribution in [3.63, 3.8) is 0 Å². The Hall–Kier alpha value is -0.0800. The van der Waals surface area contributed by atoms with Gasteiger partial charge in [-0.3, -0.25) is 0 Å². The van der Waals surface area contributed by atoms with E-state index < -0.39 is 0 Å². The second-order valence-corrected chi connectivity index (χ2v) is 12.9. The van der Waals surface area contributed by atoms with Gasteiger partial charge in [-0.25, -0.2) is 0 Å². The van der Waals surface area contributed by atoms with Gasteiger partial charge in [-0.2, -0.15) is 0 Å². The molecule has 2 aliphatic heterocycles. The summed E-state index contributed by atoms with van der Waals surface area (Å²) in [6, 6.07) is 0. The third kappa shape index (κ3) is 4.00. The van der Waals surface area contributed by atoms with E-state index in [0.29, 0.717) is 33.7 Å². The van der Waals surface area contributed by atoms with Crippen molar-refractivity contribution in [3.8, 4) is 0 Å². The van der Waals surface area contributed by atoms with Crippen LogP contribution < -0.4 is 0 Å². The maximum Gasteiger partial charge on any atom is 0.0584 e. The largest absolute Gasteiger partial charge is 0.380 e. The molecule has 3 aliphatic rings. The van der Waals surface area contributed by atoms with E-state index in [9.17, 15) is 0 Å². The van der Waals surface area contributed by atoms with Crippen molar-refractivity contribution in [1.29, 1.82) is 0 Å². The molecule has 2 atom stereocenters. The van der Waals surface area contributed by atoms with Crippen LogP contribution in [-0.4, -0.2) is 25.9 Å². The van der Waals surface area contributed by atoms with Crippen LogP contribution in [0.3, 0.4) is 0 Å². The van der Waals surface area contributed by atoms with Crippen molar-refractivity contribution in [2.45, 2.75) is 106 Å². The minimum atomic E-state index is 0.277. The Morgan fingerprint density at radius 2 is 1.56 bits per heavy atom. The lowest BCUT2D eigenvalue weighted by molar-refractivity contribution is -0.194. The van der Waals surface area contributed by atoms with Crippen molar-refractivity contribution >= 4 is 0 Å². The molecule has 0 aromatic rings. The normalized spacial score (nSPS) is 30.7. The van der Waals surface area contributed by atoms with Gasteiger partial charge in [0.05, 0.1) is 25.9 Å². The molecule has 2 nitrogen and oxygen atoms in total. The van der Waals surface area contributed by atoms with Crippen molar-refractivity contribution < 1.29 is 9.47 Å². The van der Waals surface area contributed by atoms with Gasteiger partial charge in [0, 0.05) is 5.41 Å². The molecule has 0 bridgehead atoms. The van der Waals surface area contributed by atoms with Gasteiger partial charge >= 0.3 is 0 Å². The molecular formula is C25H46O2. The fourth-order valence-corrected chi connectivity index (χ4v) is 5.70. The minimum absolute atomic E-state index is 0.277. The standard InChI is InChI=1S/C25H46O2/c1-21(2,3)19-14-20(27-16-19)15-23(6,7)25(17-26-18-25)13-12-22(4,5)24(8)10-9-11-24/h19-20H,9-18H2,1-8H3. The maximum atomic E-state index is 6.28. The summed E-state index contributed by atoms with van der Waals surface area (Å²) in [5.74, 6) is 0.699. The monoisotopic (exact) mass is 378 g/mol. The summed E-state index contributed by atoms with van der Waals surface area (Å²) in [6.45, 7) is 22.4. The van der Waals surface area contributed by atoms with Gasteiger partial charge in [-0.1, -0.05) is 61.8 Å². The van der Waals surface area contributed by atoms with Crippen molar-refractivity contribution in [2.24, 2.45) is 33.0 Å². The van der Waals surface area contributed by atoms with E-state index in [0.717, 1.165) is 19.8 Å².